The molecule has 0 aliphatic carbocycles. The van der Waals surface area contributed by atoms with Crippen LogP contribution in [0.25, 0.3) is 0 Å². The summed E-state index contributed by atoms with van der Waals surface area (Å²) in [5, 5.41) is 0. The third kappa shape index (κ3) is 5.07. The molecular formula is C10H15BrN2O2S. The van der Waals surface area contributed by atoms with Gasteiger partial charge >= 0.3 is 0 Å². The van der Waals surface area contributed by atoms with Gasteiger partial charge in [-0.05, 0) is 31.5 Å². The van der Waals surface area contributed by atoms with Gasteiger partial charge in [-0.1, -0.05) is 28.1 Å². The van der Waals surface area contributed by atoms with Crippen molar-refractivity contribution < 1.29 is 8.42 Å². The number of nitrogens with one attached hydrogen (secondary N) is 2. The van der Waals surface area contributed by atoms with Crippen LogP contribution in [0.1, 0.15) is 19.4 Å². The zero-order valence-electron chi connectivity index (χ0n) is 9.20. The van der Waals surface area contributed by atoms with Crippen LogP contribution < -0.4 is 9.44 Å². The highest BCUT2D eigenvalue weighted by Crippen LogP contribution is 2.10. The average Bonchev–Trinajstić information content (AvgIpc) is 2.15. The van der Waals surface area contributed by atoms with Gasteiger partial charge in [0.2, 0.25) is 0 Å². The van der Waals surface area contributed by atoms with Crippen molar-refractivity contribution in [3.05, 3.63) is 34.3 Å². The molecule has 0 fully saturated rings. The third-order valence-electron chi connectivity index (χ3n) is 1.77. The molecule has 2 N–H and O–H groups in total. The lowest BCUT2D eigenvalue weighted by Crippen LogP contribution is -2.39. The normalized spacial score (nSPS) is 12.0. The maximum Gasteiger partial charge on any atom is 0.277 e. The van der Waals surface area contributed by atoms with Crippen molar-refractivity contribution in [3.63, 3.8) is 0 Å². The summed E-state index contributed by atoms with van der Waals surface area (Å²) >= 11 is 3.32. The highest BCUT2D eigenvalue weighted by Gasteiger charge is 2.10. The third-order valence-corrected chi connectivity index (χ3v) is 3.61. The van der Waals surface area contributed by atoms with E-state index in [1.165, 1.54) is 0 Å². The SMILES string of the molecule is CC(C)NS(=O)(=O)NCc1ccc(Br)cc1. The van der Waals surface area contributed by atoms with Gasteiger partial charge in [0.15, 0.2) is 0 Å². The molecule has 0 aliphatic rings. The van der Waals surface area contributed by atoms with E-state index in [1.807, 2.05) is 24.3 Å². The van der Waals surface area contributed by atoms with Crippen molar-refractivity contribution in [1.82, 2.24) is 9.44 Å². The van der Waals surface area contributed by atoms with Crippen LogP contribution in [0.15, 0.2) is 28.7 Å². The van der Waals surface area contributed by atoms with E-state index in [9.17, 15) is 8.42 Å². The van der Waals surface area contributed by atoms with Crippen LogP contribution in [0.2, 0.25) is 0 Å². The molecule has 0 saturated carbocycles. The first-order chi connectivity index (χ1) is 7.39. The van der Waals surface area contributed by atoms with E-state index >= 15 is 0 Å². The second kappa shape index (κ2) is 5.77. The molecule has 16 heavy (non-hydrogen) atoms. The van der Waals surface area contributed by atoms with Crippen molar-refractivity contribution in [3.8, 4) is 0 Å². The van der Waals surface area contributed by atoms with Crippen LogP contribution in [0, 0.1) is 0 Å². The molecule has 1 aromatic carbocycles. The van der Waals surface area contributed by atoms with Crippen molar-refractivity contribution in [1.29, 1.82) is 0 Å². The Morgan fingerprint density at radius 3 is 2.31 bits per heavy atom. The Morgan fingerprint density at radius 1 is 1.25 bits per heavy atom. The molecule has 0 aromatic heterocycles. The lowest BCUT2D eigenvalue weighted by molar-refractivity contribution is 0.554. The topological polar surface area (TPSA) is 58.2 Å². The summed E-state index contributed by atoms with van der Waals surface area (Å²) in [5.41, 5.74) is 0.914. The second-order valence-corrected chi connectivity index (χ2v) is 6.17. The second-order valence-electron chi connectivity index (χ2n) is 3.72. The first kappa shape index (κ1) is 13.6. The molecule has 0 bridgehead atoms. The predicted molar refractivity (Wildman–Crippen MR) is 68.2 cm³/mol. The van der Waals surface area contributed by atoms with E-state index in [0.29, 0.717) is 0 Å². The summed E-state index contributed by atoms with van der Waals surface area (Å²) in [6, 6.07) is 7.37. The number of halogens is 1. The van der Waals surface area contributed by atoms with Crippen LogP contribution in [-0.2, 0) is 16.8 Å². The monoisotopic (exact) mass is 306 g/mol. The Balaban J connectivity index is 2.54. The van der Waals surface area contributed by atoms with Gasteiger partial charge in [-0.2, -0.15) is 17.9 Å². The van der Waals surface area contributed by atoms with Gasteiger partial charge < -0.3 is 0 Å². The van der Waals surface area contributed by atoms with Gasteiger partial charge in [-0.15, -0.1) is 0 Å². The van der Waals surface area contributed by atoms with E-state index in [-0.39, 0.29) is 12.6 Å². The zero-order chi connectivity index (χ0) is 12.2. The number of rotatable bonds is 5. The smallest absolute Gasteiger partial charge is 0.200 e. The van der Waals surface area contributed by atoms with E-state index < -0.39 is 10.2 Å². The molecule has 0 atom stereocenters. The molecule has 0 radical (unpaired) electrons. The Bertz CT molecular complexity index is 429. The predicted octanol–water partition coefficient (Wildman–Crippen LogP) is 1.78. The van der Waals surface area contributed by atoms with E-state index in [0.717, 1.165) is 10.0 Å². The van der Waals surface area contributed by atoms with Gasteiger partial charge in [0.25, 0.3) is 10.2 Å². The molecule has 90 valence electrons. The highest BCUT2D eigenvalue weighted by atomic mass is 79.9. The molecule has 1 aromatic rings. The summed E-state index contributed by atoms with van der Waals surface area (Å²) in [6.45, 7) is 3.84. The molecule has 0 spiro atoms. The molecule has 0 aliphatic heterocycles. The molecule has 0 unspecified atom stereocenters. The van der Waals surface area contributed by atoms with E-state index in [1.54, 1.807) is 13.8 Å². The fraction of sp³-hybridized carbons (Fsp3) is 0.400. The quantitative estimate of drug-likeness (QED) is 0.871. The number of hydrogen-bond donors (Lipinski definition) is 2. The van der Waals surface area contributed by atoms with Crippen molar-refractivity contribution in [2.75, 3.05) is 0 Å². The average molecular weight is 307 g/mol. The van der Waals surface area contributed by atoms with Gasteiger partial charge in [0.1, 0.15) is 0 Å². The van der Waals surface area contributed by atoms with E-state index in [4.69, 9.17) is 0 Å². The van der Waals surface area contributed by atoms with Crippen molar-refractivity contribution in [2.45, 2.75) is 26.4 Å². The van der Waals surface area contributed by atoms with Crippen molar-refractivity contribution >= 4 is 26.1 Å². The van der Waals surface area contributed by atoms with Crippen LogP contribution in [0.4, 0.5) is 0 Å². The van der Waals surface area contributed by atoms with Crippen LogP contribution in [0.5, 0.6) is 0 Å². The first-order valence-corrected chi connectivity index (χ1v) is 7.18. The molecule has 4 nitrogen and oxygen atoms in total. The molecule has 6 heteroatoms. The van der Waals surface area contributed by atoms with Crippen LogP contribution in [-0.4, -0.2) is 14.5 Å². The van der Waals surface area contributed by atoms with Crippen LogP contribution >= 0.6 is 15.9 Å². The Labute approximate surface area is 105 Å². The Morgan fingerprint density at radius 2 is 1.81 bits per heavy atom. The molecule has 0 saturated heterocycles. The molecule has 0 amide bonds. The van der Waals surface area contributed by atoms with E-state index in [2.05, 4.69) is 25.4 Å². The molecular weight excluding hydrogens is 292 g/mol. The maximum atomic E-state index is 11.4. The lowest BCUT2D eigenvalue weighted by Gasteiger charge is -2.10. The van der Waals surface area contributed by atoms with Gasteiger partial charge in [-0.25, -0.2) is 0 Å². The minimum absolute atomic E-state index is 0.109. The summed E-state index contributed by atoms with van der Waals surface area (Å²) in [6.07, 6.45) is 0. The minimum atomic E-state index is -3.40. The first-order valence-electron chi connectivity index (χ1n) is 4.90. The summed E-state index contributed by atoms with van der Waals surface area (Å²) in [4.78, 5) is 0. The largest absolute Gasteiger partial charge is 0.277 e. The lowest BCUT2D eigenvalue weighted by atomic mass is 10.2. The minimum Gasteiger partial charge on any atom is -0.200 e. The zero-order valence-corrected chi connectivity index (χ0v) is 11.6. The highest BCUT2D eigenvalue weighted by molar-refractivity contribution is 9.10. The van der Waals surface area contributed by atoms with Crippen molar-refractivity contribution in [2.24, 2.45) is 0 Å². The Kier molecular flexibility index (Phi) is 4.91. The maximum absolute atomic E-state index is 11.4. The number of benzene rings is 1. The summed E-state index contributed by atoms with van der Waals surface area (Å²) in [7, 11) is -3.40. The summed E-state index contributed by atoms with van der Waals surface area (Å²) < 4.78 is 28.8. The fourth-order valence-electron chi connectivity index (χ4n) is 1.13. The fourth-order valence-corrected chi connectivity index (χ4v) is 2.46. The molecule has 1 rings (SSSR count). The number of hydrogen-bond acceptors (Lipinski definition) is 2. The van der Waals surface area contributed by atoms with Gasteiger partial charge in [0.05, 0.1) is 0 Å². The Hall–Kier alpha value is -0.430. The van der Waals surface area contributed by atoms with Gasteiger partial charge in [0, 0.05) is 17.1 Å². The van der Waals surface area contributed by atoms with Gasteiger partial charge in [-0.3, -0.25) is 0 Å². The standard InChI is InChI=1S/C10H15BrN2O2S/c1-8(2)13-16(14,15)12-7-9-3-5-10(11)6-4-9/h3-6,8,12-13H,7H2,1-2H3. The molecule has 0 heterocycles. The summed E-state index contributed by atoms with van der Waals surface area (Å²) in [5.74, 6) is 0. The van der Waals surface area contributed by atoms with Crippen LogP contribution in [0.3, 0.4) is 0 Å².